The number of nitrogens with one attached hydrogen (secondary N) is 1. The van der Waals surface area contributed by atoms with Crippen LogP contribution in [0.3, 0.4) is 0 Å². The van der Waals surface area contributed by atoms with Gasteiger partial charge in [-0.15, -0.1) is 19.8 Å². The van der Waals surface area contributed by atoms with Gasteiger partial charge in [0.15, 0.2) is 0 Å². The third kappa shape index (κ3) is 7.89. The Kier molecular flexibility index (Phi) is 8.15. The summed E-state index contributed by atoms with van der Waals surface area (Å²) in [5, 5.41) is 2.90. The number of rotatable bonds is 10. The van der Waals surface area contributed by atoms with Gasteiger partial charge >= 0.3 is 12.3 Å². The number of esters is 1. The van der Waals surface area contributed by atoms with Crippen LogP contribution in [0.2, 0.25) is 0 Å². The van der Waals surface area contributed by atoms with Crippen LogP contribution in [0, 0.1) is 0 Å². The lowest BCUT2D eigenvalue weighted by atomic mass is 10.1. The monoisotopic (exact) mass is 345 g/mol. The molecular weight excluding hydrogens is 323 g/mol. The Morgan fingerprint density at radius 2 is 2.08 bits per heavy atom. The number of carbonyl (C=O) groups excluding carboxylic acids is 1. The first-order chi connectivity index (χ1) is 11.4. The molecule has 24 heavy (non-hydrogen) atoms. The van der Waals surface area contributed by atoms with Gasteiger partial charge < -0.3 is 14.8 Å². The fourth-order valence-corrected chi connectivity index (χ4v) is 2.19. The predicted molar refractivity (Wildman–Crippen MR) is 85.8 cm³/mol. The molecule has 0 saturated heterocycles. The zero-order valence-electron chi connectivity index (χ0n) is 13.6. The molecule has 1 N–H and O–H groups in total. The molecule has 0 saturated carbocycles. The van der Waals surface area contributed by atoms with Crippen LogP contribution in [0.4, 0.5) is 18.9 Å². The minimum Gasteiger partial charge on any atom is -0.467 e. The highest BCUT2D eigenvalue weighted by molar-refractivity contribution is 5.79. The molecule has 0 spiro atoms. The van der Waals surface area contributed by atoms with Crippen molar-refractivity contribution in [3.8, 4) is 5.75 Å². The predicted octanol–water partition coefficient (Wildman–Crippen LogP) is 4.68. The van der Waals surface area contributed by atoms with Gasteiger partial charge in [-0.2, -0.15) is 0 Å². The molecule has 0 fully saturated rings. The first-order valence-electron chi connectivity index (χ1n) is 7.67. The Morgan fingerprint density at radius 3 is 2.71 bits per heavy atom. The van der Waals surface area contributed by atoms with Crippen LogP contribution in [-0.4, -0.2) is 25.5 Å². The van der Waals surface area contributed by atoms with Gasteiger partial charge in [0.25, 0.3) is 0 Å². The molecule has 0 aromatic heterocycles. The third-order valence-electron chi connectivity index (χ3n) is 3.30. The molecule has 0 amide bonds. The number of anilines is 1. The van der Waals surface area contributed by atoms with E-state index in [0.29, 0.717) is 12.1 Å². The summed E-state index contributed by atoms with van der Waals surface area (Å²) in [7, 11) is 1.28. The second-order valence-electron chi connectivity index (χ2n) is 5.22. The van der Waals surface area contributed by atoms with Crippen molar-refractivity contribution in [1.29, 1.82) is 0 Å². The largest absolute Gasteiger partial charge is 0.573 e. The molecule has 1 aromatic carbocycles. The molecule has 7 heteroatoms. The highest BCUT2D eigenvalue weighted by Gasteiger charge is 2.31. The number of hydrogen-bond acceptors (Lipinski definition) is 4. The van der Waals surface area contributed by atoms with Crippen LogP contribution in [0.1, 0.15) is 32.1 Å². The highest BCUT2D eigenvalue weighted by Crippen LogP contribution is 2.25. The summed E-state index contributed by atoms with van der Waals surface area (Å²) in [5.74, 6) is -0.803. The maximum absolute atomic E-state index is 12.3. The van der Waals surface area contributed by atoms with E-state index in [4.69, 9.17) is 4.74 Å². The summed E-state index contributed by atoms with van der Waals surface area (Å²) in [5.41, 5.74) is 0.359. The molecular formula is C17H22F3NO3. The molecule has 0 radical (unpaired) electrons. The average Bonchev–Trinajstić information content (AvgIpc) is 2.51. The molecule has 0 aliphatic heterocycles. The van der Waals surface area contributed by atoms with Crippen molar-refractivity contribution in [2.24, 2.45) is 0 Å². The zero-order chi connectivity index (χ0) is 18.0. The van der Waals surface area contributed by atoms with Crippen molar-refractivity contribution >= 4 is 11.7 Å². The van der Waals surface area contributed by atoms with Crippen LogP contribution in [0.25, 0.3) is 0 Å². The smallest absolute Gasteiger partial charge is 0.467 e. The lowest BCUT2D eigenvalue weighted by Crippen LogP contribution is -2.30. The van der Waals surface area contributed by atoms with Crippen molar-refractivity contribution in [2.75, 3.05) is 12.4 Å². The van der Waals surface area contributed by atoms with Crippen molar-refractivity contribution in [3.63, 3.8) is 0 Å². The van der Waals surface area contributed by atoms with E-state index in [2.05, 4.69) is 16.6 Å². The van der Waals surface area contributed by atoms with Crippen molar-refractivity contribution in [3.05, 3.63) is 36.9 Å². The summed E-state index contributed by atoms with van der Waals surface area (Å²) < 4.78 is 45.4. The fourth-order valence-electron chi connectivity index (χ4n) is 2.19. The van der Waals surface area contributed by atoms with E-state index in [9.17, 15) is 18.0 Å². The molecule has 0 bridgehead atoms. The molecule has 134 valence electrons. The number of alkyl halides is 3. The zero-order valence-corrected chi connectivity index (χ0v) is 13.6. The fraction of sp³-hybridized carbons (Fsp3) is 0.471. The second-order valence-corrected chi connectivity index (χ2v) is 5.22. The van der Waals surface area contributed by atoms with E-state index >= 15 is 0 Å². The lowest BCUT2D eigenvalue weighted by molar-refractivity contribution is -0.274. The van der Waals surface area contributed by atoms with E-state index in [1.807, 2.05) is 6.08 Å². The molecule has 4 nitrogen and oxygen atoms in total. The van der Waals surface area contributed by atoms with Gasteiger partial charge in [0, 0.05) is 11.8 Å². The Bertz CT molecular complexity index is 532. The average molecular weight is 345 g/mol. The topological polar surface area (TPSA) is 47.6 Å². The molecule has 0 aliphatic rings. The minimum absolute atomic E-state index is 0.345. The first-order valence-corrected chi connectivity index (χ1v) is 7.67. The molecule has 0 heterocycles. The van der Waals surface area contributed by atoms with Crippen LogP contribution < -0.4 is 10.1 Å². The van der Waals surface area contributed by atoms with Gasteiger partial charge in [0.2, 0.25) is 0 Å². The lowest BCUT2D eigenvalue weighted by Gasteiger charge is -2.18. The van der Waals surface area contributed by atoms with Gasteiger partial charge in [-0.25, -0.2) is 4.79 Å². The van der Waals surface area contributed by atoms with Crippen molar-refractivity contribution in [1.82, 2.24) is 0 Å². The number of ether oxygens (including phenoxy) is 2. The molecule has 0 unspecified atom stereocenters. The second kappa shape index (κ2) is 9.85. The van der Waals surface area contributed by atoms with Crippen LogP contribution in [-0.2, 0) is 9.53 Å². The molecule has 1 atom stereocenters. The van der Waals surface area contributed by atoms with Crippen molar-refractivity contribution < 1.29 is 27.4 Å². The number of hydrogen-bond donors (Lipinski definition) is 1. The molecule has 1 rings (SSSR count). The van der Waals surface area contributed by atoms with Crippen LogP contribution in [0.5, 0.6) is 5.75 Å². The number of unbranched alkanes of at least 4 members (excludes halogenated alkanes) is 3. The summed E-state index contributed by atoms with van der Waals surface area (Å²) in [6, 6.07) is 4.75. The van der Waals surface area contributed by atoms with E-state index in [1.165, 1.54) is 25.3 Å². The minimum atomic E-state index is -4.76. The molecule has 0 aliphatic carbocycles. The first kappa shape index (κ1) is 19.9. The maximum atomic E-state index is 12.3. The standard InChI is InChI=1S/C17H22F3NO3/c1-3-4-5-6-7-11-15(16(22)23-2)21-13-9-8-10-14(12-13)24-17(18,19)20/h3,8-10,12,15,21H,1,4-7,11H2,2H3/t15-/m0/s1. The summed E-state index contributed by atoms with van der Waals surface area (Å²) in [6.45, 7) is 3.65. The normalized spacial score (nSPS) is 12.3. The van der Waals surface area contributed by atoms with Gasteiger partial charge in [0.1, 0.15) is 11.8 Å². The van der Waals surface area contributed by atoms with Gasteiger partial charge in [-0.05, 0) is 31.4 Å². The number of carbonyl (C=O) groups is 1. The summed E-state index contributed by atoms with van der Waals surface area (Å²) in [6.07, 6.45) is 1.21. The van der Waals surface area contributed by atoms with Crippen LogP contribution in [0.15, 0.2) is 36.9 Å². The van der Waals surface area contributed by atoms with Gasteiger partial charge in [-0.1, -0.05) is 25.0 Å². The van der Waals surface area contributed by atoms with Crippen molar-refractivity contribution in [2.45, 2.75) is 44.5 Å². The third-order valence-corrected chi connectivity index (χ3v) is 3.30. The quantitative estimate of drug-likeness (QED) is 0.380. The SMILES string of the molecule is C=CCCCCC[C@H](Nc1cccc(OC(F)(F)F)c1)C(=O)OC. The van der Waals surface area contributed by atoms with Gasteiger partial charge in [0.05, 0.1) is 7.11 Å². The van der Waals surface area contributed by atoms with E-state index in [1.54, 1.807) is 6.07 Å². The maximum Gasteiger partial charge on any atom is 0.573 e. The van der Waals surface area contributed by atoms with E-state index in [-0.39, 0.29) is 5.75 Å². The van der Waals surface area contributed by atoms with Gasteiger partial charge in [-0.3, -0.25) is 0 Å². The Balaban J connectivity index is 2.67. The highest BCUT2D eigenvalue weighted by atomic mass is 19.4. The summed E-state index contributed by atoms with van der Waals surface area (Å²) in [4.78, 5) is 11.8. The van der Waals surface area contributed by atoms with E-state index < -0.39 is 18.4 Å². The van der Waals surface area contributed by atoms with E-state index in [0.717, 1.165) is 25.7 Å². The number of halogens is 3. The number of allylic oxidation sites excluding steroid dienone is 1. The Morgan fingerprint density at radius 1 is 1.33 bits per heavy atom. The number of benzene rings is 1. The summed E-state index contributed by atoms with van der Waals surface area (Å²) >= 11 is 0. The molecule has 1 aromatic rings. The van der Waals surface area contributed by atoms with Crippen LogP contribution >= 0.6 is 0 Å². The number of methoxy groups -OCH3 is 1. The Hall–Kier alpha value is -2.18. The Labute approximate surface area is 139 Å².